The van der Waals surface area contributed by atoms with Gasteiger partial charge < -0.3 is 15.4 Å². The lowest BCUT2D eigenvalue weighted by Gasteiger charge is -2.23. The Kier molecular flexibility index (Phi) is 5.79. The molecule has 0 atom stereocenters. The smallest absolute Gasteiger partial charge is 0.187 e. The van der Waals surface area contributed by atoms with Crippen LogP contribution in [0.3, 0.4) is 0 Å². The number of halogens is 1. The zero-order valence-electron chi connectivity index (χ0n) is 10.3. The van der Waals surface area contributed by atoms with E-state index in [0.29, 0.717) is 44.2 Å². The van der Waals surface area contributed by atoms with Crippen LogP contribution in [0.4, 0.5) is 10.2 Å². The van der Waals surface area contributed by atoms with Crippen LogP contribution in [-0.4, -0.2) is 43.3 Å². The van der Waals surface area contributed by atoms with E-state index in [1.54, 1.807) is 12.0 Å². The Labute approximate surface area is 101 Å². The van der Waals surface area contributed by atoms with Gasteiger partial charge >= 0.3 is 0 Å². The standard InChI is InChI=1S/C11H19FN4O/c1-3-9-10(12)11(15-8-14-9)16(5-4-13)6-7-17-2/h8H,3-7,13H2,1-2H3. The summed E-state index contributed by atoms with van der Waals surface area (Å²) in [6.45, 7) is 3.91. The van der Waals surface area contributed by atoms with E-state index in [2.05, 4.69) is 9.97 Å². The minimum absolute atomic E-state index is 0.305. The third kappa shape index (κ3) is 3.61. The maximum atomic E-state index is 14.0. The largest absolute Gasteiger partial charge is 0.383 e. The van der Waals surface area contributed by atoms with Gasteiger partial charge in [0.05, 0.1) is 12.3 Å². The Balaban J connectivity index is 2.92. The fourth-order valence-corrected chi connectivity index (χ4v) is 1.54. The minimum atomic E-state index is -0.362. The van der Waals surface area contributed by atoms with Crippen LogP contribution in [0.15, 0.2) is 6.33 Å². The fraction of sp³-hybridized carbons (Fsp3) is 0.636. The number of anilines is 1. The van der Waals surface area contributed by atoms with Crippen molar-refractivity contribution in [2.75, 3.05) is 38.3 Å². The van der Waals surface area contributed by atoms with Gasteiger partial charge in [-0.3, -0.25) is 0 Å². The second-order valence-corrected chi connectivity index (χ2v) is 3.58. The Morgan fingerprint density at radius 1 is 1.41 bits per heavy atom. The van der Waals surface area contributed by atoms with E-state index < -0.39 is 0 Å². The molecule has 0 radical (unpaired) electrons. The normalized spacial score (nSPS) is 10.6. The molecular weight excluding hydrogens is 223 g/mol. The van der Waals surface area contributed by atoms with Gasteiger partial charge in [0, 0.05) is 26.7 Å². The topological polar surface area (TPSA) is 64.3 Å². The van der Waals surface area contributed by atoms with Crippen molar-refractivity contribution in [2.45, 2.75) is 13.3 Å². The summed E-state index contributed by atoms with van der Waals surface area (Å²) >= 11 is 0. The Bertz CT molecular complexity index is 348. The molecule has 1 aromatic rings. The first-order valence-corrected chi connectivity index (χ1v) is 5.67. The van der Waals surface area contributed by atoms with E-state index in [0.717, 1.165) is 0 Å². The van der Waals surface area contributed by atoms with Crippen molar-refractivity contribution < 1.29 is 9.13 Å². The summed E-state index contributed by atoms with van der Waals surface area (Å²) in [5.74, 6) is -0.0566. The molecule has 0 spiro atoms. The molecule has 5 nitrogen and oxygen atoms in total. The van der Waals surface area contributed by atoms with Crippen LogP contribution in [0.25, 0.3) is 0 Å². The predicted molar refractivity (Wildman–Crippen MR) is 64.5 cm³/mol. The quantitative estimate of drug-likeness (QED) is 0.758. The summed E-state index contributed by atoms with van der Waals surface area (Å²) in [7, 11) is 1.61. The van der Waals surface area contributed by atoms with Crippen molar-refractivity contribution in [3.8, 4) is 0 Å². The molecule has 2 N–H and O–H groups in total. The Morgan fingerprint density at radius 3 is 2.76 bits per heavy atom. The van der Waals surface area contributed by atoms with Crippen molar-refractivity contribution >= 4 is 5.82 Å². The van der Waals surface area contributed by atoms with Crippen molar-refractivity contribution in [1.82, 2.24) is 9.97 Å². The van der Waals surface area contributed by atoms with Crippen LogP contribution in [0, 0.1) is 5.82 Å². The number of methoxy groups -OCH3 is 1. The highest BCUT2D eigenvalue weighted by atomic mass is 19.1. The van der Waals surface area contributed by atoms with Gasteiger partial charge in [-0.2, -0.15) is 0 Å². The molecule has 0 aliphatic heterocycles. The Morgan fingerprint density at radius 2 is 2.18 bits per heavy atom. The molecule has 0 saturated heterocycles. The minimum Gasteiger partial charge on any atom is -0.383 e. The summed E-state index contributed by atoms with van der Waals surface area (Å²) in [5, 5.41) is 0. The van der Waals surface area contributed by atoms with Crippen LogP contribution >= 0.6 is 0 Å². The summed E-state index contributed by atoms with van der Waals surface area (Å²) in [6.07, 6.45) is 1.93. The second kappa shape index (κ2) is 7.13. The van der Waals surface area contributed by atoms with Crippen LogP contribution in [0.5, 0.6) is 0 Å². The average molecular weight is 242 g/mol. The first-order valence-electron chi connectivity index (χ1n) is 5.67. The SMILES string of the molecule is CCc1ncnc(N(CCN)CCOC)c1F. The molecule has 96 valence electrons. The molecule has 0 amide bonds. The van der Waals surface area contributed by atoms with E-state index in [-0.39, 0.29) is 5.82 Å². The molecule has 0 saturated carbocycles. The van der Waals surface area contributed by atoms with Crippen LogP contribution < -0.4 is 10.6 Å². The number of nitrogens with two attached hydrogens (primary N) is 1. The summed E-state index contributed by atoms with van der Waals surface area (Å²) in [6, 6.07) is 0. The number of aryl methyl sites for hydroxylation is 1. The monoisotopic (exact) mass is 242 g/mol. The number of hydrogen-bond acceptors (Lipinski definition) is 5. The molecule has 0 aliphatic rings. The molecule has 6 heteroatoms. The van der Waals surface area contributed by atoms with Gasteiger partial charge in [0.25, 0.3) is 0 Å². The summed E-state index contributed by atoms with van der Waals surface area (Å²) < 4.78 is 19.0. The maximum Gasteiger partial charge on any atom is 0.187 e. The second-order valence-electron chi connectivity index (χ2n) is 3.58. The first kappa shape index (κ1) is 13.8. The number of hydrogen-bond donors (Lipinski definition) is 1. The van der Waals surface area contributed by atoms with E-state index >= 15 is 0 Å². The highest BCUT2D eigenvalue weighted by Crippen LogP contribution is 2.17. The summed E-state index contributed by atoms with van der Waals surface area (Å²) in [4.78, 5) is 9.67. The van der Waals surface area contributed by atoms with Gasteiger partial charge in [-0.1, -0.05) is 6.92 Å². The van der Waals surface area contributed by atoms with Gasteiger partial charge in [-0.25, -0.2) is 14.4 Å². The highest BCUT2D eigenvalue weighted by molar-refractivity contribution is 5.41. The number of nitrogens with zero attached hydrogens (tertiary/aromatic N) is 3. The van der Waals surface area contributed by atoms with Gasteiger partial charge in [-0.05, 0) is 6.42 Å². The number of ether oxygens (including phenoxy) is 1. The molecule has 0 aliphatic carbocycles. The van der Waals surface area contributed by atoms with E-state index in [1.165, 1.54) is 6.33 Å². The fourth-order valence-electron chi connectivity index (χ4n) is 1.54. The molecule has 0 bridgehead atoms. The lowest BCUT2D eigenvalue weighted by molar-refractivity contribution is 0.205. The average Bonchev–Trinajstić information content (AvgIpc) is 2.35. The van der Waals surface area contributed by atoms with Gasteiger partial charge in [0.2, 0.25) is 0 Å². The summed E-state index contributed by atoms with van der Waals surface area (Å²) in [5.41, 5.74) is 5.94. The zero-order valence-corrected chi connectivity index (χ0v) is 10.3. The molecule has 1 rings (SSSR count). The van der Waals surface area contributed by atoms with E-state index in [1.807, 2.05) is 6.92 Å². The van der Waals surface area contributed by atoms with Crippen molar-refractivity contribution in [1.29, 1.82) is 0 Å². The highest BCUT2D eigenvalue weighted by Gasteiger charge is 2.15. The molecule has 0 unspecified atom stereocenters. The van der Waals surface area contributed by atoms with E-state index in [9.17, 15) is 4.39 Å². The van der Waals surface area contributed by atoms with E-state index in [4.69, 9.17) is 10.5 Å². The molecule has 1 heterocycles. The van der Waals surface area contributed by atoms with Crippen molar-refractivity contribution in [3.63, 3.8) is 0 Å². The van der Waals surface area contributed by atoms with Crippen molar-refractivity contribution in [2.24, 2.45) is 5.73 Å². The molecule has 0 fully saturated rings. The third-order valence-corrected chi connectivity index (χ3v) is 2.44. The Hall–Kier alpha value is -1.27. The molecule has 17 heavy (non-hydrogen) atoms. The lowest BCUT2D eigenvalue weighted by atomic mass is 10.3. The third-order valence-electron chi connectivity index (χ3n) is 2.44. The molecule has 1 aromatic heterocycles. The number of rotatable bonds is 7. The van der Waals surface area contributed by atoms with Gasteiger partial charge in [0.15, 0.2) is 11.6 Å². The van der Waals surface area contributed by atoms with Crippen LogP contribution in [-0.2, 0) is 11.2 Å². The lowest BCUT2D eigenvalue weighted by Crippen LogP contribution is -2.34. The van der Waals surface area contributed by atoms with Gasteiger partial charge in [-0.15, -0.1) is 0 Å². The number of aromatic nitrogens is 2. The first-order chi connectivity index (χ1) is 8.24. The zero-order chi connectivity index (χ0) is 12.7. The predicted octanol–water partition coefficient (Wildman–Crippen LogP) is 0.590. The molecular formula is C11H19FN4O. The maximum absolute atomic E-state index is 14.0. The molecule has 0 aromatic carbocycles. The van der Waals surface area contributed by atoms with Crippen LogP contribution in [0.2, 0.25) is 0 Å². The van der Waals surface area contributed by atoms with Crippen LogP contribution in [0.1, 0.15) is 12.6 Å². The van der Waals surface area contributed by atoms with Gasteiger partial charge in [0.1, 0.15) is 6.33 Å². The van der Waals surface area contributed by atoms with Crippen molar-refractivity contribution in [3.05, 3.63) is 17.8 Å².